The molecule has 37 heavy (non-hydrogen) atoms. The van der Waals surface area contributed by atoms with Crippen molar-refractivity contribution in [2.24, 2.45) is 11.8 Å². The summed E-state index contributed by atoms with van der Waals surface area (Å²) in [6.45, 7) is 9.57. The van der Waals surface area contributed by atoms with Gasteiger partial charge in [0.05, 0.1) is 12.5 Å². The quantitative estimate of drug-likeness (QED) is 0.0692. The first kappa shape index (κ1) is 36.5. The molecular formula is C35H70O2. The highest BCUT2D eigenvalue weighted by Crippen LogP contribution is 2.21. The lowest BCUT2D eigenvalue weighted by atomic mass is 9.94. The Morgan fingerprint density at radius 3 is 1.11 bits per heavy atom. The molecule has 0 N–H and O–H groups in total. The molecule has 0 aromatic carbocycles. The Balaban J connectivity index is 4.07. The summed E-state index contributed by atoms with van der Waals surface area (Å²) in [6, 6.07) is 0. The van der Waals surface area contributed by atoms with Crippen LogP contribution in [0.1, 0.15) is 201 Å². The van der Waals surface area contributed by atoms with E-state index in [1.807, 2.05) is 0 Å². The summed E-state index contributed by atoms with van der Waals surface area (Å²) in [5.41, 5.74) is 0. The number of rotatable bonds is 30. The Bertz CT molecular complexity index is 447. The van der Waals surface area contributed by atoms with Crippen LogP contribution in [0.2, 0.25) is 0 Å². The fraction of sp³-hybridized carbons (Fsp3) is 0.971. The van der Waals surface area contributed by atoms with E-state index in [9.17, 15) is 4.79 Å². The SMILES string of the molecule is CCCCCCCCCCCCCCC(CCCCCCCC)COC(=O)C(C)CCCCCCCC. The average Bonchev–Trinajstić information content (AvgIpc) is 2.90. The first-order chi connectivity index (χ1) is 18.2. The summed E-state index contributed by atoms with van der Waals surface area (Å²) in [5, 5.41) is 0. The van der Waals surface area contributed by atoms with Crippen molar-refractivity contribution in [2.45, 2.75) is 201 Å². The molecule has 0 radical (unpaired) electrons. The number of unbranched alkanes of at least 4 members (excludes halogenated alkanes) is 21. The maximum absolute atomic E-state index is 12.6. The highest BCUT2D eigenvalue weighted by Gasteiger charge is 2.17. The van der Waals surface area contributed by atoms with Gasteiger partial charge < -0.3 is 4.74 Å². The number of esters is 1. The molecule has 0 spiro atoms. The zero-order valence-electron chi connectivity index (χ0n) is 26.3. The largest absolute Gasteiger partial charge is 0.465 e. The number of carbonyl (C=O) groups excluding carboxylic acids is 1. The second kappa shape index (κ2) is 30.0. The van der Waals surface area contributed by atoms with Crippen LogP contribution in [0.15, 0.2) is 0 Å². The molecule has 0 aromatic heterocycles. The molecule has 0 aliphatic rings. The van der Waals surface area contributed by atoms with Crippen LogP contribution in [0.3, 0.4) is 0 Å². The predicted octanol–water partition coefficient (Wildman–Crippen LogP) is 12.4. The van der Waals surface area contributed by atoms with Gasteiger partial charge in [-0.1, -0.05) is 182 Å². The molecule has 222 valence electrons. The molecule has 0 saturated carbocycles. The van der Waals surface area contributed by atoms with Crippen LogP contribution < -0.4 is 0 Å². The van der Waals surface area contributed by atoms with Crippen LogP contribution in [0.25, 0.3) is 0 Å². The minimum absolute atomic E-state index is 0.0520. The molecule has 0 aliphatic heterocycles. The van der Waals surface area contributed by atoms with E-state index in [2.05, 4.69) is 27.7 Å². The number of carbonyl (C=O) groups is 1. The minimum atomic E-state index is 0.0520. The Hall–Kier alpha value is -0.530. The zero-order valence-corrected chi connectivity index (χ0v) is 26.3. The second-order valence-corrected chi connectivity index (χ2v) is 12.2. The normalized spacial score (nSPS) is 13.1. The van der Waals surface area contributed by atoms with Gasteiger partial charge in [-0.25, -0.2) is 0 Å². The standard InChI is InChI=1S/C35H70O2/c1-5-8-11-14-17-18-19-20-21-22-25-28-31-34(30-27-24-16-13-10-7-3)32-37-35(36)33(4)29-26-23-15-12-9-6-2/h33-34H,5-32H2,1-4H3. The first-order valence-corrected chi connectivity index (χ1v) is 17.3. The third kappa shape index (κ3) is 26.8. The molecule has 0 heterocycles. The topological polar surface area (TPSA) is 26.3 Å². The average molecular weight is 523 g/mol. The Morgan fingerprint density at radius 2 is 0.757 bits per heavy atom. The van der Waals surface area contributed by atoms with Crippen molar-refractivity contribution < 1.29 is 9.53 Å². The number of ether oxygens (including phenoxy) is 1. The molecule has 0 amide bonds. The van der Waals surface area contributed by atoms with Crippen LogP contribution >= 0.6 is 0 Å². The maximum Gasteiger partial charge on any atom is 0.308 e. The Morgan fingerprint density at radius 1 is 0.459 bits per heavy atom. The highest BCUT2D eigenvalue weighted by atomic mass is 16.5. The number of hydrogen-bond acceptors (Lipinski definition) is 2. The molecule has 0 rings (SSSR count). The summed E-state index contributed by atoms with van der Waals surface area (Å²) in [4.78, 5) is 12.6. The van der Waals surface area contributed by atoms with E-state index in [0.29, 0.717) is 12.5 Å². The van der Waals surface area contributed by atoms with Crippen molar-refractivity contribution in [1.29, 1.82) is 0 Å². The maximum atomic E-state index is 12.6. The van der Waals surface area contributed by atoms with Crippen LogP contribution in [-0.4, -0.2) is 12.6 Å². The Kier molecular flexibility index (Phi) is 29.6. The summed E-state index contributed by atoms with van der Waals surface area (Å²) in [6.07, 6.45) is 36.1. The predicted molar refractivity (Wildman–Crippen MR) is 165 cm³/mol. The molecular weight excluding hydrogens is 452 g/mol. The van der Waals surface area contributed by atoms with Crippen LogP contribution in [0.4, 0.5) is 0 Å². The fourth-order valence-electron chi connectivity index (χ4n) is 5.49. The molecule has 2 atom stereocenters. The van der Waals surface area contributed by atoms with E-state index >= 15 is 0 Å². The van der Waals surface area contributed by atoms with Gasteiger partial charge in [-0.2, -0.15) is 0 Å². The van der Waals surface area contributed by atoms with E-state index in [4.69, 9.17) is 4.74 Å². The Labute approximate surface area is 234 Å². The van der Waals surface area contributed by atoms with E-state index in [1.165, 1.54) is 167 Å². The van der Waals surface area contributed by atoms with Crippen LogP contribution in [-0.2, 0) is 9.53 Å². The summed E-state index contributed by atoms with van der Waals surface area (Å²) >= 11 is 0. The first-order valence-electron chi connectivity index (χ1n) is 17.3. The summed E-state index contributed by atoms with van der Waals surface area (Å²) in [5.74, 6) is 0.684. The van der Waals surface area contributed by atoms with Crippen molar-refractivity contribution in [3.8, 4) is 0 Å². The molecule has 0 bridgehead atoms. The van der Waals surface area contributed by atoms with Gasteiger partial charge in [0.1, 0.15) is 0 Å². The van der Waals surface area contributed by atoms with Gasteiger partial charge in [-0.3, -0.25) is 4.79 Å². The van der Waals surface area contributed by atoms with E-state index < -0.39 is 0 Å². The van der Waals surface area contributed by atoms with Crippen LogP contribution in [0, 0.1) is 11.8 Å². The molecule has 2 unspecified atom stereocenters. The van der Waals surface area contributed by atoms with Gasteiger partial charge in [-0.15, -0.1) is 0 Å². The summed E-state index contributed by atoms with van der Waals surface area (Å²) < 4.78 is 5.88. The molecule has 0 aromatic rings. The third-order valence-electron chi connectivity index (χ3n) is 8.29. The molecule has 0 fully saturated rings. The van der Waals surface area contributed by atoms with E-state index in [0.717, 1.165) is 6.42 Å². The monoisotopic (exact) mass is 523 g/mol. The van der Waals surface area contributed by atoms with Crippen molar-refractivity contribution in [3.05, 3.63) is 0 Å². The van der Waals surface area contributed by atoms with Crippen molar-refractivity contribution >= 4 is 5.97 Å². The fourth-order valence-corrected chi connectivity index (χ4v) is 5.49. The van der Waals surface area contributed by atoms with Crippen molar-refractivity contribution in [3.63, 3.8) is 0 Å². The molecule has 2 nitrogen and oxygen atoms in total. The molecule has 0 aliphatic carbocycles. The lowest BCUT2D eigenvalue weighted by Gasteiger charge is -2.19. The highest BCUT2D eigenvalue weighted by molar-refractivity contribution is 5.71. The third-order valence-corrected chi connectivity index (χ3v) is 8.29. The lowest BCUT2D eigenvalue weighted by Crippen LogP contribution is -2.20. The van der Waals surface area contributed by atoms with Crippen LogP contribution in [0.5, 0.6) is 0 Å². The van der Waals surface area contributed by atoms with E-state index in [-0.39, 0.29) is 11.9 Å². The van der Waals surface area contributed by atoms with Gasteiger partial charge in [0.15, 0.2) is 0 Å². The molecule has 2 heteroatoms. The van der Waals surface area contributed by atoms with Gasteiger partial charge in [0.25, 0.3) is 0 Å². The lowest BCUT2D eigenvalue weighted by molar-refractivity contribution is -0.149. The number of hydrogen-bond donors (Lipinski definition) is 0. The van der Waals surface area contributed by atoms with Gasteiger partial charge in [-0.05, 0) is 25.2 Å². The van der Waals surface area contributed by atoms with Gasteiger partial charge >= 0.3 is 5.97 Å². The summed E-state index contributed by atoms with van der Waals surface area (Å²) in [7, 11) is 0. The van der Waals surface area contributed by atoms with Crippen molar-refractivity contribution in [1.82, 2.24) is 0 Å². The zero-order chi connectivity index (χ0) is 27.2. The smallest absolute Gasteiger partial charge is 0.308 e. The molecule has 0 saturated heterocycles. The second-order valence-electron chi connectivity index (χ2n) is 12.2. The van der Waals surface area contributed by atoms with Gasteiger partial charge in [0.2, 0.25) is 0 Å². The van der Waals surface area contributed by atoms with Crippen molar-refractivity contribution in [2.75, 3.05) is 6.61 Å². The minimum Gasteiger partial charge on any atom is -0.465 e. The van der Waals surface area contributed by atoms with E-state index in [1.54, 1.807) is 0 Å². The van der Waals surface area contributed by atoms with Gasteiger partial charge in [0, 0.05) is 0 Å².